The highest BCUT2D eigenvalue weighted by molar-refractivity contribution is 7.13. The first-order valence-electron chi connectivity index (χ1n) is 4.20. The molecule has 1 aromatic rings. The minimum atomic E-state index is -0.0890. The highest BCUT2D eigenvalue weighted by Gasteiger charge is 2.18. The lowest BCUT2D eigenvalue weighted by molar-refractivity contribution is -0.0336. The summed E-state index contributed by atoms with van der Waals surface area (Å²) in [6.45, 7) is 2.15. The van der Waals surface area contributed by atoms with Crippen molar-refractivity contribution < 1.29 is 9.47 Å². The zero-order chi connectivity index (χ0) is 9.10. The number of ether oxygens (including phenoxy) is 2. The maximum absolute atomic E-state index is 5.33. The first-order valence-corrected chi connectivity index (χ1v) is 5.08. The zero-order valence-electron chi connectivity index (χ0n) is 7.47. The molecule has 1 saturated heterocycles. The highest BCUT2D eigenvalue weighted by atomic mass is 32.1. The molecule has 13 heavy (non-hydrogen) atoms. The molecule has 5 heteroatoms. The van der Waals surface area contributed by atoms with Gasteiger partial charge in [0.2, 0.25) is 0 Å². The Labute approximate surface area is 81.1 Å². The first-order chi connectivity index (χ1) is 6.36. The van der Waals surface area contributed by atoms with Crippen LogP contribution >= 0.6 is 11.3 Å². The van der Waals surface area contributed by atoms with Crippen LogP contribution in [0.25, 0.3) is 0 Å². The van der Waals surface area contributed by atoms with E-state index in [9.17, 15) is 0 Å². The standard InChI is InChI=1S/C8H12N2O2S/c1-10(8-9-2-5-13-8)6-7-11-3-4-12-7/h2,5,7H,3-4,6H2,1H3. The van der Waals surface area contributed by atoms with Gasteiger partial charge in [0.25, 0.3) is 0 Å². The molecule has 1 aliphatic rings. The molecule has 1 aromatic heterocycles. The number of rotatable bonds is 3. The largest absolute Gasteiger partial charge is 0.348 e. The van der Waals surface area contributed by atoms with Crippen molar-refractivity contribution in [2.45, 2.75) is 6.29 Å². The van der Waals surface area contributed by atoms with E-state index in [0.717, 1.165) is 11.7 Å². The van der Waals surface area contributed by atoms with Gasteiger partial charge in [0, 0.05) is 18.6 Å². The third kappa shape index (κ3) is 2.18. The minimum absolute atomic E-state index is 0.0890. The third-order valence-corrected chi connectivity index (χ3v) is 2.75. The van der Waals surface area contributed by atoms with Crippen molar-refractivity contribution >= 4 is 16.5 Å². The lowest BCUT2D eigenvalue weighted by Gasteiger charge is -2.18. The van der Waals surface area contributed by atoms with E-state index in [1.807, 2.05) is 17.3 Å². The molecule has 1 aliphatic heterocycles. The van der Waals surface area contributed by atoms with Crippen LogP contribution in [0.15, 0.2) is 11.6 Å². The normalized spacial score (nSPS) is 17.9. The van der Waals surface area contributed by atoms with Gasteiger partial charge in [-0.25, -0.2) is 4.98 Å². The van der Waals surface area contributed by atoms with Gasteiger partial charge in [-0.15, -0.1) is 11.3 Å². The van der Waals surface area contributed by atoms with Gasteiger partial charge in [0.1, 0.15) is 0 Å². The molecule has 0 aromatic carbocycles. The van der Waals surface area contributed by atoms with E-state index in [-0.39, 0.29) is 6.29 Å². The average Bonchev–Trinajstić information content (AvgIpc) is 2.74. The van der Waals surface area contributed by atoms with Gasteiger partial charge in [-0.1, -0.05) is 0 Å². The van der Waals surface area contributed by atoms with E-state index < -0.39 is 0 Å². The summed E-state index contributed by atoms with van der Waals surface area (Å²) < 4.78 is 10.7. The molecule has 0 aliphatic carbocycles. The second-order valence-corrected chi connectivity index (χ2v) is 3.74. The van der Waals surface area contributed by atoms with Crippen LogP contribution in [0, 0.1) is 0 Å². The summed E-state index contributed by atoms with van der Waals surface area (Å²) in [6.07, 6.45) is 1.71. The molecule has 0 N–H and O–H groups in total. The first kappa shape index (κ1) is 8.93. The van der Waals surface area contributed by atoms with Gasteiger partial charge in [-0.2, -0.15) is 0 Å². The Morgan fingerprint density at radius 2 is 2.38 bits per heavy atom. The summed E-state index contributed by atoms with van der Waals surface area (Å²) in [7, 11) is 1.99. The molecule has 0 amide bonds. The van der Waals surface area contributed by atoms with Crippen LogP contribution in [-0.4, -0.2) is 38.1 Å². The van der Waals surface area contributed by atoms with Crippen LogP contribution in [0.3, 0.4) is 0 Å². The quantitative estimate of drug-likeness (QED) is 0.727. The Morgan fingerprint density at radius 1 is 1.62 bits per heavy atom. The maximum atomic E-state index is 5.33. The summed E-state index contributed by atoms with van der Waals surface area (Å²) in [5.74, 6) is 0. The minimum Gasteiger partial charge on any atom is -0.348 e. The van der Waals surface area contributed by atoms with Gasteiger partial charge in [-0.05, 0) is 0 Å². The fourth-order valence-corrected chi connectivity index (χ4v) is 1.84. The number of thiazole rings is 1. The van der Waals surface area contributed by atoms with E-state index in [4.69, 9.17) is 9.47 Å². The maximum Gasteiger partial charge on any atom is 0.185 e. The molecular formula is C8H12N2O2S. The molecule has 72 valence electrons. The number of hydrogen-bond acceptors (Lipinski definition) is 5. The molecule has 0 radical (unpaired) electrons. The number of anilines is 1. The van der Waals surface area contributed by atoms with E-state index in [0.29, 0.717) is 13.2 Å². The summed E-state index contributed by atoms with van der Waals surface area (Å²) >= 11 is 1.62. The number of aromatic nitrogens is 1. The van der Waals surface area contributed by atoms with Crippen molar-refractivity contribution in [3.05, 3.63) is 11.6 Å². The van der Waals surface area contributed by atoms with E-state index in [2.05, 4.69) is 4.98 Å². The van der Waals surface area contributed by atoms with Crippen molar-refractivity contribution in [3.63, 3.8) is 0 Å². The molecule has 0 unspecified atom stereocenters. The third-order valence-electron chi connectivity index (χ3n) is 1.86. The molecule has 0 bridgehead atoms. The SMILES string of the molecule is CN(CC1OCCO1)c1nccs1. The van der Waals surface area contributed by atoms with Gasteiger partial charge >= 0.3 is 0 Å². The molecule has 2 heterocycles. The van der Waals surface area contributed by atoms with Gasteiger partial charge < -0.3 is 14.4 Å². The molecule has 4 nitrogen and oxygen atoms in total. The van der Waals surface area contributed by atoms with Crippen LogP contribution in [-0.2, 0) is 9.47 Å². The number of likely N-dealkylation sites (N-methyl/N-ethyl adjacent to an activating group) is 1. The van der Waals surface area contributed by atoms with E-state index in [1.165, 1.54) is 0 Å². The second kappa shape index (κ2) is 4.04. The Bertz CT molecular complexity index is 247. The Morgan fingerprint density at radius 3 is 3.00 bits per heavy atom. The second-order valence-electron chi connectivity index (χ2n) is 2.87. The van der Waals surface area contributed by atoms with Crippen molar-refractivity contribution in [2.24, 2.45) is 0 Å². The van der Waals surface area contributed by atoms with Gasteiger partial charge in [0.05, 0.1) is 19.8 Å². The van der Waals surface area contributed by atoms with Crippen molar-refractivity contribution in [1.29, 1.82) is 0 Å². The number of nitrogens with zero attached hydrogens (tertiary/aromatic N) is 2. The Hall–Kier alpha value is -0.650. The van der Waals surface area contributed by atoms with Crippen molar-refractivity contribution in [1.82, 2.24) is 4.98 Å². The number of hydrogen-bond donors (Lipinski definition) is 0. The predicted octanol–water partition coefficient (Wildman–Crippen LogP) is 0.952. The predicted molar refractivity (Wildman–Crippen MR) is 51.1 cm³/mol. The fourth-order valence-electron chi connectivity index (χ4n) is 1.22. The lowest BCUT2D eigenvalue weighted by atomic mass is 10.6. The van der Waals surface area contributed by atoms with Crippen LogP contribution in [0.4, 0.5) is 5.13 Å². The molecule has 2 rings (SSSR count). The molecule has 1 fully saturated rings. The molecule has 0 atom stereocenters. The van der Waals surface area contributed by atoms with Gasteiger partial charge in [0.15, 0.2) is 11.4 Å². The summed E-state index contributed by atoms with van der Waals surface area (Å²) in [5, 5.41) is 2.96. The summed E-state index contributed by atoms with van der Waals surface area (Å²) in [4.78, 5) is 6.23. The smallest absolute Gasteiger partial charge is 0.185 e. The molecule has 0 spiro atoms. The van der Waals surface area contributed by atoms with Crippen LogP contribution in [0.5, 0.6) is 0 Å². The average molecular weight is 200 g/mol. The Balaban J connectivity index is 1.87. The lowest BCUT2D eigenvalue weighted by Crippen LogP contribution is -2.29. The molecule has 0 saturated carbocycles. The van der Waals surface area contributed by atoms with Crippen LogP contribution < -0.4 is 4.90 Å². The van der Waals surface area contributed by atoms with Crippen LogP contribution in [0.2, 0.25) is 0 Å². The Kier molecular flexibility index (Phi) is 2.77. The van der Waals surface area contributed by atoms with E-state index in [1.54, 1.807) is 17.5 Å². The highest BCUT2D eigenvalue weighted by Crippen LogP contribution is 2.17. The summed E-state index contributed by atoms with van der Waals surface area (Å²) in [6, 6.07) is 0. The molecular weight excluding hydrogens is 188 g/mol. The topological polar surface area (TPSA) is 34.6 Å². The van der Waals surface area contributed by atoms with Crippen molar-refractivity contribution in [3.8, 4) is 0 Å². The summed E-state index contributed by atoms with van der Waals surface area (Å²) in [5.41, 5.74) is 0. The zero-order valence-corrected chi connectivity index (χ0v) is 8.29. The van der Waals surface area contributed by atoms with Crippen LogP contribution in [0.1, 0.15) is 0 Å². The fraction of sp³-hybridized carbons (Fsp3) is 0.625. The van der Waals surface area contributed by atoms with E-state index >= 15 is 0 Å². The van der Waals surface area contributed by atoms with Crippen molar-refractivity contribution in [2.75, 3.05) is 31.7 Å². The van der Waals surface area contributed by atoms with Gasteiger partial charge in [-0.3, -0.25) is 0 Å². The monoisotopic (exact) mass is 200 g/mol.